The zero-order valence-corrected chi connectivity index (χ0v) is 10.2. The molecule has 7 nitrogen and oxygen atoms in total. The summed E-state index contributed by atoms with van der Waals surface area (Å²) in [4.78, 5) is 34.0. The van der Waals surface area contributed by atoms with Crippen molar-refractivity contribution in [2.24, 2.45) is 5.92 Å². The fourth-order valence-electron chi connectivity index (χ4n) is 1.11. The van der Waals surface area contributed by atoms with Crippen LogP contribution in [0.3, 0.4) is 0 Å². The smallest absolute Gasteiger partial charge is 0.329 e. The molecule has 0 rings (SSSR count). The first kappa shape index (κ1) is 15.4. The number of amides is 3. The van der Waals surface area contributed by atoms with Crippen LogP contribution in [-0.4, -0.2) is 54.7 Å². The lowest BCUT2D eigenvalue weighted by molar-refractivity contribution is -0.143. The van der Waals surface area contributed by atoms with Crippen LogP contribution < -0.4 is 5.32 Å². The van der Waals surface area contributed by atoms with E-state index in [1.54, 1.807) is 7.05 Å². The molecular formula is C10H18N2O5. The number of nitrogens with one attached hydrogen (secondary N) is 1. The van der Waals surface area contributed by atoms with Gasteiger partial charge in [-0.05, 0) is 5.92 Å². The molecule has 0 radical (unpaired) electrons. The number of nitrogens with zero attached hydrogens (tertiary/aromatic N) is 1. The Hall–Kier alpha value is -1.63. The van der Waals surface area contributed by atoms with Gasteiger partial charge in [-0.1, -0.05) is 13.8 Å². The van der Waals surface area contributed by atoms with E-state index in [1.165, 1.54) is 4.90 Å². The van der Waals surface area contributed by atoms with Crippen LogP contribution in [0.5, 0.6) is 0 Å². The molecule has 0 bridgehead atoms. The van der Waals surface area contributed by atoms with Gasteiger partial charge in [0.1, 0.15) is 13.2 Å². The van der Waals surface area contributed by atoms with Crippen LogP contribution in [0.4, 0.5) is 4.79 Å². The van der Waals surface area contributed by atoms with Gasteiger partial charge in [0, 0.05) is 13.6 Å². The van der Waals surface area contributed by atoms with Crippen molar-refractivity contribution in [3.8, 4) is 0 Å². The lowest BCUT2D eigenvalue weighted by Gasteiger charge is -2.19. The normalized spacial score (nSPS) is 10.1. The summed E-state index contributed by atoms with van der Waals surface area (Å²) in [6, 6.07) is -0.525. The second kappa shape index (κ2) is 7.61. The van der Waals surface area contributed by atoms with Gasteiger partial charge in [-0.2, -0.15) is 0 Å². The minimum Gasteiger partial charge on any atom is -0.480 e. The first-order chi connectivity index (χ1) is 7.82. The zero-order chi connectivity index (χ0) is 13.4. The number of hydrogen-bond acceptors (Lipinski definition) is 4. The third-order valence-corrected chi connectivity index (χ3v) is 1.69. The standard InChI is InChI=1S/C10H18N2O5/c1-7(2)4-12(3)10(16)11-8(13)5-17-6-9(14)15/h7H,4-6H2,1-3H3,(H,14,15)(H,11,13,16). The maximum Gasteiger partial charge on any atom is 0.329 e. The van der Waals surface area contributed by atoms with E-state index in [0.29, 0.717) is 12.5 Å². The Bertz CT molecular complexity index is 290. The Morgan fingerprint density at radius 2 is 1.88 bits per heavy atom. The highest BCUT2D eigenvalue weighted by atomic mass is 16.5. The van der Waals surface area contributed by atoms with E-state index < -0.39 is 31.1 Å². The fraction of sp³-hybridized carbons (Fsp3) is 0.700. The molecule has 0 aromatic heterocycles. The summed E-state index contributed by atoms with van der Waals surface area (Å²) >= 11 is 0. The van der Waals surface area contributed by atoms with E-state index in [1.807, 2.05) is 13.8 Å². The third-order valence-electron chi connectivity index (χ3n) is 1.69. The van der Waals surface area contributed by atoms with Crippen LogP contribution in [0.25, 0.3) is 0 Å². The molecule has 17 heavy (non-hydrogen) atoms. The van der Waals surface area contributed by atoms with Crippen molar-refractivity contribution in [3.05, 3.63) is 0 Å². The van der Waals surface area contributed by atoms with E-state index in [4.69, 9.17) is 5.11 Å². The van der Waals surface area contributed by atoms with Gasteiger partial charge in [0.15, 0.2) is 0 Å². The van der Waals surface area contributed by atoms with Gasteiger partial charge in [0.25, 0.3) is 5.91 Å². The Kier molecular flexibility index (Phi) is 6.88. The van der Waals surface area contributed by atoms with Crippen LogP contribution in [0.2, 0.25) is 0 Å². The van der Waals surface area contributed by atoms with Gasteiger partial charge in [-0.15, -0.1) is 0 Å². The predicted octanol–water partition coefficient (Wildman–Crippen LogP) is -0.0884. The van der Waals surface area contributed by atoms with Gasteiger partial charge >= 0.3 is 12.0 Å². The molecule has 2 N–H and O–H groups in total. The quantitative estimate of drug-likeness (QED) is 0.683. The summed E-state index contributed by atoms with van der Waals surface area (Å²) in [5.41, 5.74) is 0. The molecule has 98 valence electrons. The Morgan fingerprint density at radius 3 is 2.35 bits per heavy atom. The van der Waals surface area contributed by atoms with Crippen molar-refractivity contribution in [1.82, 2.24) is 10.2 Å². The van der Waals surface area contributed by atoms with Crippen LogP contribution in [0, 0.1) is 5.92 Å². The second-order valence-electron chi connectivity index (χ2n) is 4.01. The number of ether oxygens (including phenoxy) is 1. The molecule has 3 amide bonds. The molecule has 0 unspecified atom stereocenters. The number of rotatable bonds is 6. The third kappa shape index (κ3) is 8.21. The molecular weight excluding hydrogens is 228 g/mol. The van der Waals surface area contributed by atoms with Crippen molar-refractivity contribution in [2.75, 3.05) is 26.8 Å². The summed E-state index contributed by atoms with van der Waals surface area (Å²) in [7, 11) is 1.57. The molecule has 7 heteroatoms. The highest BCUT2D eigenvalue weighted by Gasteiger charge is 2.13. The first-order valence-electron chi connectivity index (χ1n) is 5.17. The Balaban J connectivity index is 3.87. The molecule has 0 aliphatic rings. The monoisotopic (exact) mass is 246 g/mol. The van der Waals surface area contributed by atoms with Crippen LogP contribution in [0.15, 0.2) is 0 Å². The SMILES string of the molecule is CC(C)CN(C)C(=O)NC(=O)COCC(=O)O. The maximum absolute atomic E-state index is 11.4. The summed E-state index contributed by atoms with van der Waals surface area (Å²) in [6.45, 7) is 3.40. The summed E-state index contributed by atoms with van der Waals surface area (Å²) in [5.74, 6) is -1.53. The molecule has 0 aliphatic carbocycles. The average molecular weight is 246 g/mol. The Morgan fingerprint density at radius 1 is 1.29 bits per heavy atom. The number of carboxylic acids is 1. The van der Waals surface area contributed by atoms with Gasteiger partial charge in [-0.25, -0.2) is 9.59 Å². The number of urea groups is 1. The van der Waals surface area contributed by atoms with Crippen molar-refractivity contribution < 1.29 is 24.2 Å². The lowest BCUT2D eigenvalue weighted by atomic mass is 10.2. The lowest BCUT2D eigenvalue weighted by Crippen LogP contribution is -2.43. The number of aliphatic carboxylic acids is 1. The van der Waals surface area contributed by atoms with Gasteiger partial charge in [0.2, 0.25) is 0 Å². The van der Waals surface area contributed by atoms with Crippen LogP contribution in [0.1, 0.15) is 13.8 Å². The number of imide groups is 1. The van der Waals surface area contributed by atoms with Gasteiger partial charge < -0.3 is 14.7 Å². The topological polar surface area (TPSA) is 95.9 Å². The average Bonchev–Trinajstić information content (AvgIpc) is 2.15. The molecule has 0 saturated carbocycles. The van der Waals surface area contributed by atoms with E-state index >= 15 is 0 Å². The highest BCUT2D eigenvalue weighted by molar-refractivity contribution is 5.94. The van der Waals surface area contributed by atoms with E-state index in [0.717, 1.165) is 0 Å². The number of carboxylic acid groups (broad SMARTS) is 1. The first-order valence-corrected chi connectivity index (χ1v) is 5.17. The zero-order valence-electron chi connectivity index (χ0n) is 10.2. The van der Waals surface area contributed by atoms with Crippen molar-refractivity contribution in [1.29, 1.82) is 0 Å². The molecule has 0 fully saturated rings. The largest absolute Gasteiger partial charge is 0.480 e. The van der Waals surface area contributed by atoms with Gasteiger partial charge in [-0.3, -0.25) is 10.1 Å². The molecule has 0 aromatic carbocycles. The fourth-order valence-corrected chi connectivity index (χ4v) is 1.11. The van der Waals surface area contributed by atoms with Crippen LogP contribution in [-0.2, 0) is 14.3 Å². The number of hydrogen-bond donors (Lipinski definition) is 2. The number of carbonyl (C=O) groups is 3. The summed E-state index contributed by atoms with van der Waals surface area (Å²) < 4.78 is 4.54. The van der Waals surface area contributed by atoms with E-state index in [9.17, 15) is 14.4 Å². The van der Waals surface area contributed by atoms with Crippen molar-refractivity contribution in [3.63, 3.8) is 0 Å². The number of carbonyl (C=O) groups excluding carboxylic acids is 2. The molecule has 0 atom stereocenters. The molecule has 0 saturated heterocycles. The van der Waals surface area contributed by atoms with E-state index in [-0.39, 0.29) is 0 Å². The van der Waals surface area contributed by atoms with Crippen molar-refractivity contribution >= 4 is 17.9 Å². The molecule has 0 aromatic rings. The highest BCUT2D eigenvalue weighted by Crippen LogP contribution is 1.95. The molecule has 0 aliphatic heterocycles. The molecule has 0 heterocycles. The minimum atomic E-state index is -1.17. The van der Waals surface area contributed by atoms with Crippen LogP contribution >= 0.6 is 0 Å². The molecule has 0 spiro atoms. The maximum atomic E-state index is 11.4. The second-order valence-corrected chi connectivity index (χ2v) is 4.01. The van der Waals surface area contributed by atoms with Gasteiger partial charge in [0.05, 0.1) is 0 Å². The van der Waals surface area contributed by atoms with Crippen molar-refractivity contribution in [2.45, 2.75) is 13.8 Å². The predicted molar refractivity (Wildman–Crippen MR) is 59.5 cm³/mol. The van der Waals surface area contributed by atoms with E-state index in [2.05, 4.69) is 10.1 Å². The summed E-state index contributed by atoms with van der Waals surface area (Å²) in [5, 5.41) is 10.4. The Labute approximate surface area is 99.7 Å². The summed E-state index contributed by atoms with van der Waals surface area (Å²) in [6.07, 6.45) is 0. The minimum absolute atomic E-state index is 0.295.